The maximum Gasteiger partial charge on any atom is 0.251 e. The normalized spacial score (nSPS) is 11.3. The summed E-state index contributed by atoms with van der Waals surface area (Å²) in [6.45, 7) is 2.38. The van der Waals surface area contributed by atoms with Gasteiger partial charge in [0.05, 0.1) is 4.90 Å². The average molecular weight is 364 g/mol. The highest BCUT2D eigenvalue weighted by Crippen LogP contribution is 2.19. The molecule has 0 atom stereocenters. The van der Waals surface area contributed by atoms with E-state index in [1.54, 1.807) is 23.9 Å². The Kier molecular flexibility index (Phi) is 6.04. The van der Waals surface area contributed by atoms with Crippen LogP contribution >= 0.6 is 11.8 Å². The number of carbonyl (C=O) groups excluding carboxylic acids is 1. The van der Waals surface area contributed by atoms with Crippen LogP contribution in [0.25, 0.3) is 0 Å². The summed E-state index contributed by atoms with van der Waals surface area (Å²) in [5.74, 6) is -0.107. The third-order valence-corrected chi connectivity index (χ3v) is 5.30. The van der Waals surface area contributed by atoms with Gasteiger partial charge in [-0.15, -0.1) is 11.8 Å². The zero-order valence-corrected chi connectivity index (χ0v) is 15.2. The van der Waals surface area contributed by atoms with E-state index in [1.807, 2.05) is 31.4 Å². The number of nitrogens with one attached hydrogen (secondary N) is 1. The summed E-state index contributed by atoms with van der Waals surface area (Å²) in [5.41, 5.74) is 2.53. The van der Waals surface area contributed by atoms with Crippen molar-refractivity contribution in [1.82, 2.24) is 5.32 Å². The van der Waals surface area contributed by atoms with Gasteiger partial charge >= 0.3 is 0 Å². The molecule has 0 spiro atoms. The van der Waals surface area contributed by atoms with Crippen molar-refractivity contribution in [3.05, 3.63) is 59.2 Å². The van der Waals surface area contributed by atoms with E-state index in [0.717, 1.165) is 16.0 Å². The van der Waals surface area contributed by atoms with Crippen LogP contribution in [0.1, 0.15) is 21.5 Å². The SMILES string of the molecule is CSc1ccc(C)c(C(=O)NCCc2ccc(S(N)(=O)=O)cc2)c1. The second kappa shape index (κ2) is 7.83. The highest BCUT2D eigenvalue weighted by Gasteiger charge is 2.10. The molecule has 0 aliphatic rings. The molecule has 5 nitrogen and oxygen atoms in total. The molecule has 0 bridgehead atoms. The van der Waals surface area contributed by atoms with Crippen LogP contribution in [0.3, 0.4) is 0 Å². The molecule has 2 aromatic rings. The van der Waals surface area contributed by atoms with Crippen molar-refractivity contribution in [3.63, 3.8) is 0 Å². The van der Waals surface area contributed by atoms with Crippen LogP contribution < -0.4 is 10.5 Å². The van der Waals surface area contributed by atoms with Gasteiger partial charge in [-0.3, -0.25) is 4.79 Å². The molecule has 1 amide bonds. The van der Waals surface area contributed by atoms with Gasteiger partial charge in [0.2, 0.25) is 10.0 Å². The van der Waals surface area contributed by atoms with Crippen LogP contribution in [0.15, 0.2) is 52.3 Å². The lowest BCUT2D eigenvalue weighted by Crippen LogP contribution is -2.26. The zero-order chi connectivity index (χ0) is 17.7. The number of nitrogens with two attached hydrogens (primary N) is 1. The highest BCUT2D eigenvalue weighted by molar-refractivity contribution is 7.98. The quantitative estimate of drug-likeness (QED) is 0.770. The number of benzene rings is 2. The third-order valence-electron chi connectivity index (χ3n) is 3.64. The van der Waals surface area contributed by atoms with Crippen LogP contribution in [0.5, 0.6) is 0 Å². The zero-order valence-electron chi connectivity index (χ0n) is 13.6. The lowest BCUT2D eigenvalue weighted by Gasteiger charge is -2.09. The standard InChI is InChI=1S/C17H20N2O3S2/c1-12-3-6-14(23-2)11-16(12)17(20)19-10-9-13-4-7-15(8-5-13)24(18,21)22/h3-8,11H,9-10H2,1-2H3,(H,19,20)(H2,18,21,22). The maximum absolute atomic E-state index is 12.3. The van der Waals surface area contributed by atoms with Gasteiger partial charge in [0, 0.05) is 17.0 Å². The third kappa shape index (κ3) is 4.83. The van der Waals surface area contributed by atoms with E-state index in [0.29, 0.717) is 18.5 Å². The summed E-state index contributed by atoms with van der Waals surface area (Å²) in [7, 11) is -3.67. The molecule has 2 aromatic carbocycles. The smallest absolute Gasteiger partial charge is 0.251 e. The summed E-state index contributed by atoms with van der Waals surface area (Å²) in [5, 5.41) is 7.96. The predicted octanol–water partition coefficient (Wildman–Crippen LogP) is 2.34. The van der Waals surface area contributed by atoms with E-state index in [-0.39, 0.29) is 10.8 Å². The molecule has 0 aliphatic carbocycles. The van der Waals surface area contributed by atoms with Gasteiger partial charge < -0.3 is 5.32 Å². The lowest BCUT2D eigenvalue weighted by molar-refractivity contribution is 0.0953. The van der Waals surface area contributed by atoms with Crippen LogP contribution in [-0.2, 0) is 16.4 Å². The number of amides is 1. The van der Waals surface area contributed by atoms with Crippen molar-refractivity contribution < 1.29 is 13.2 Å². The van der Waals surface area contributed by atoms with E-state index in [2.05, 4.69) is 5.32 Å². The first-order valence-corrected chi connectivity index (χ1v) is 10.1. The molecule has 0 aromatic heterocycles. The Morgan fingerprint density at radius 3 is 2.42 bits per heavy atom. The Labute approximate surface area is 146 Å². The Balaban J connectivity index is 1.95. The van der Waals surface area contributed by atoms with E-state index in [9.17, 15) is 13.2 Å². The Hall–Kier alpha value is -1.83. The fourth-order valence-corrected chi connectivity index (χ4v) is 3.19. The number of thioether (sulfide) groups is 1. The summed E-state index contributed by atoms with van der Waals surface area (Å²) in [6.07, 6.45) is 2.58. The second-order valence-electron chi connectivity index (χ2n) is 5.38. The Bertz CT molecular complexity index is 831. The minimum absolute atomic E-state index is 0.0831. The fraction of sp³-hybridized carbons (Fsp3) is 0.235. The first-order chi connectivity index (χ1) is 11.3. The molecular weight excluding hydrogens is 344 g/mol. The molecule has 24 heavy (non-hydrogen) atoms. The van der Waals surface area contributed by atoms with Crippen molar-refractivity contribution in [1.29, 1.82) is 0 Å². The second-order valence-corrected chi connectivity index (χ2v) is 7.82. The molecule has 0 radical (unpaired) electrons. The molecule has 0 aliphatic heterocycles. The van der Waals surface area contributed by atoms with Gasteiger partial charge in [0.15, 0.2) is 0 Å². The minimum Gasteiger partial charge on any atom is -0.352 e. The van der Waals surface area contributed by atoms with Crippen molar-refractivity contribution in [2.75, 3.05) is 12.8 Å². The molecule has 0 saturated carbocycles. The number of aryl methyl sites for hydroxylation is 1. The molecule has 0 unspecified atom stereocenters. The monoisotopic (exact) mass is 364 g/mol. The number of rotatable bonds is 6. The van der Waals surface area contributed by atoms with Crippen LogP contribution in [0, 0.1) is 6.92 Å². The van der Waals surface area contributed by atoms with E-state index >= 15 is 0 Å². The van der Waals surface area contributed by atoms with E-state index < -0.39 is 10.0 Å². The molecule has 7 heteroatoms. The van der Waals surface area contributed by atoms with Crippen LogP contribution in [0.2, 0.25) is 0 Å². The number of primary sulfonamides is 1. The van der Waals surface area contributed by atoms with Crippen LogP contribution in [-0.4, -0.2) is 27.1 Å². The number of hydrogen-bond donors (Lipinski definition) is 2. The molecule has 0 fully saturated rings. The summed E-state index contributed by atoms with van der Waals surface area (Å²) < 4.78 is 22.4. The topological polar surface area (TPSA) is 89.3 Å². The summed E-state index contributed by atoms with van der Waals surface area (Å²) in [6, 6.07) is 12.2. The fourth-order valence-electron chi connectivity index (χ4n) is 2.23. The van der Waals surface area contributed by atoms with Crippen molar-refractivity contribution in [2.45, 2.75) is 23.1 Å². The van der Waals surface area contributed by atoms with Gasteiger partial charge in [0.25, 0.3) is 5.91 Å². The Morgan fingerprint density at radius 2 is 1.83 bits per heavy atom. The summed E-state index contributed by atoms with van der Waals surface area (Å²) in [4.78, 5) is 13.4. The molecule has 2 rings (SSSR count). The largest absolute Gasteiger partial charge is 0.352 e. The van der Waals surface area contributed by atoms with Crippen molar-refractivity contribution in [3.8, 4) is 0 Å². The van der Waals surface area contributed by atoms with Crippen LogP contribution in [0.4, 0.5) is 0 Å². The highest BCUT2D eigenvalue weighted by atomic mass is 32.2. The van der Waals surface area contributed by atoms with E-state index in [4.69, 9.17) is 5.14 Å². The van der Waals surface area contributed by atoms with E-state index in [1.165, 1.54) is 12.1 Å². The molecular formula is C17H20N2O3S2. The van der Waals surface area contributed by atoms with Gasteiger partial charge in [-0.1, -0.05) is 18.2 Å². The maximum atomic E-state index is 12.3. The average Bonchev–Trinajstić information content (AvgIpc) is 2.55. The summed E-state index contributed by atoms with van der Waals surface area (Å²) >= 11 is 1.59. The Morgan fingerprint density at radius 1 is 1.17 bits per heavy atom. The molecule has 0 heterocycles. The first kappa shape index (κ1) is 18.5. The number of hydrogen-bond acceptors (Lipinski definition) is 4. The minimum atomic E-state index is -3.67. The van der Waals surface area contributed by atoms with Crippen molar-refractivity contribution in [2.24, 2.45) is 5.14 Å². The number of sulfonamides is 1. The van der Waals surface area contributed by atoms with Gasteiger partial charge in [-0.05, 0) is 55.0 Å². The molecule has 3 N–H and O–H groups in total. The van der Waals surface area contributed by atoms with Gasteiger partial charge in [-0.25, -0.2) is 13.6 Å². The number of carbonyl (C=O) groups is 1. The predicted molar refractivity (Wildman–Crippen MR) is 96.8 cm³/mol. The molecule has 0 saturated heterocycles. The molecule has 128 valence electrons. The van der Waals surface area contributed by atoms with Gasteiger partial charge in [-0.2, -0.15) is 0 Å². The first-order valence-electron chi connectivity index (χ1n) is 7.36. The lowest BCUT2D eigenvalue weighted by atomic mass is 10.1. The van der Waals surface area contributed by atoms with Gasteiger partial charge in [0.1, 0.15) is 0 Å². The van der Waals surface area contributed by atoms with Crippen molar-refractivity contribution >= 4 is 27.7 Å².